The fourth-order valence-corrected chi connectivity index (χ4v) is 3.10. The summed E-state index contributed by atoms with van der Waals surface area (Å²) in [5, 5.41) is 0. The molecule has 120 valence electrons. The Balaban J connectivity index is 1.54. The van der Waals surface area contributed by atoms with Crippen LogP contribution in [0.25, 0.3) is 0 Å². The summed E-state index contributed by atoms with van der Waals surface area (Å²) in [5.41, 5.74) is 3.94. The Hall–Kier alpha value is -2.20. The highest BCUT2D eigenvalue weighted by atomic mass is 16.2. The van der Waals surface area contributed by atoms with Gasteiger partial charge in [-0.3, -0.25) is 14.7 Å². The molecule has 1 aromatic heterocycles. The monoisotopic (exact) mass is 309 g/mol. The second kappa shape index (κ2) is 7.38. The molecule has 0 saturated heterocycles. The van der Waals surface area contributed by atoms with E-state index in [1.165, 1.54) is 16.7 Å². The van der Waals surface area contributed by atoms with Crippen molar-refractivity contribution in [1.82, 2.24) is 14.8 Å². The molecule has 4 nitrogen and oxygen atoms in total. The molecule has 0 N–H and O–H groups in total. The van der Waals surface area contributed by atoms with E-state index in [0.29, 0.717) is 6.54 Å². The third kappa shape index (κ3) is 4.17. The molecule has 1 aromatic carbocycles. The predicted octanol–water partition coefficient (Wildman–Crippen LogP) is 2.14. The average Bonchev–Trinajstić information content (AvgIpc) is 2.78. The van der Waals surface area contributed by atoms with E-state index in [1.54, 1.807) is 12.4 Å². The normalized spacial score (nSPS) is 14.4. The van der Waals surface area contributed by atoms with E-state index in [4.69, 9.17) is 0 Å². The lowest BCUT2D eigenvalue weighted by molar-refractivity contribution is -0.132. The zero-order valence-corrected chi connectivity index (χ0v) is 13.6. The summed E-state index contributed by atoms with van der Waals surface area (Å²) in [7, 11) is 1.99. The van der Waals surface area contributed by atoms with Crippen LogP contribution in [0.3, 0.4) is 0 Å². The maximum atomic E-state index is 12.6. The van der Waals surface area contributed by atoms with Crippen LogP contribution < -0.4 is 0 Å². The number of carbonyl (C=O) groups excluding carboxylic acids is 1. The van der Waals surface area contributed by atoms with E-state index in [0.717, 1.165) is 32.5 Å². The standard InChI is InChI=1S/C19H23N3O/c1-21(14-16-6-10-20-11-7-16)15-19(23)22-12-8-17-4-2-3-5-18(17)9-13-22/h2-7,10-11H,8-9,12-15H2,1H3. The minimum Gasteiger partial charge on any atom is -0.341 e. The van der Waals surface area contributed by atoms with Gasteiger partial charge in [0.2, 0.25) is 5.91 Å². The van der Waals surface area contributed by atoms with E-state index < -0.39 is 0 Å². The van der Waals surface area contributed by atoms with E-state index >= 15 is 0 Å². The number of benzene rings is 1. The highest BCUT2D eigenvalue weighted by molar-refractivity contribution is 5.78. The van der Waals surface area contributed by atoms with Crippen molar-refractivity contribution < 1.29 is 4.79 Å². The van der Waals surface area contributed by atoms with Crippen LogP contribution in [-0.2, 0) is 24.2 Å². The molecule has 2 aromatic rings. The first-order chi connectivity index (χ1) is 11.2. The molecule has 0 saturated carbocycles. The largest absolute Gasteiger partial charge is 0.341 e. The Morgan fingerprint density at radius 3 is 2.30 bits per heavy atom. The number of nitrogens with zero attached hydrogens (tertiary/aromatic N) is 3. The maximum Gasteiger partial charge on any atom is 0.236 e. The van der Waals surface area contributed by atoms with E-state index in [1.807, 2.05) is 24.1 Å². The van der Waals surface area contributed by atoms with Gasteiger partial charge < -0.3 is 4.90 Å². The second-order valence-electron chi connectivity index (χ2n) is 6.18. The number of amides is 1. The van der Waals surface area contributed by atoms with Gasteiger partial charge in [0.25, 0.3) is 0 Å². The van der Waals surface area contributed by atoms with Gasteiger partial charge in [-0.25, -0.2) is 0 Å². The van der Waals surface area contributed by atoms with E-state index in [-0.39, 0.29) is 5.91 Å². The maximum absolute atomic E-state index is 12.6. The molecule has 1 aliphatic rings. The lowest BCUT2D eigenvalue weighted by Gasteiger charge is -2.24. The van der Waals surface area contributed by atoms with E-state index in [2.05, 4.69) is 34.1 Å². The molecule has 0 bridgehead atoms. The first kappa shape index (κ1) is 15.7. The summed E-state index contributed by atoms with van der Waals surface area (Å²) in [5.74, 6) is 0.217. The molecule has 1 amide bonds. The number of hydrogen-bond acceptors (Lipinski definition) is 3. The number of hydrogen-bond donors (Lipinski definition) is 0. The first-order valence-corrected chi connectivity index (χ1v) is 8.14. The fourth-order valence-electron chi connectivity index (χ4n) is 3.10. The molecule has 0 radical (unpaired) electrons. The summed E-state index contributed by atoms with van der Waals surface area (Å²) in [6, 6.07) is 12.5. The van der Waals surface area contributed by atoms with Crippen molar-refractivity contribution in [3.05, 3.63) is 65.5 Å². The van der Waals surface area contributed by atoms with Crippen LogP contribution >= 0.6 is 0 Å². The van der Waals surface area contributed by atoms with Crippen molar-refractivity contribution in [1.29, 1.82) is 0 Å². The molecule has 23 heavy (non-hydrogen) atoms. The average molecular weight is 309 g/mol. The second-order valence-corrected chi connectivity index (χ2v) is 6.18. The molecule has 0 atom stereocenters. The minimum atomic E-state index is 0.217. The topological polar surface area (TPSA) is 36.4 Å². The summed E-state index contributed by atoms with van der Waals surface area (Å²) < 4.78 is 0. The Morgan fingerprint density at radius 2 is 1.70 bits per heavy atom. The number of rotatable bonds is 4. The molecular weight excluding hydrogens is 286 g/mol. The predicted molar refractivity (Wildman–Crippen MR) is 91.0 cm³/mol. The van der Waals surface area contributed by atoms with Crippen molar-refractivity contribution in [2.24, 2.45) is 0 Å². The van der Waals surface area contributed by atoms with Gasteiger partial charge >= 0.3 is 0 Å². The number of aromatic nitrogens is 1. The van der Waals surface area contributed by atoms with Crippen molar-refractivity contribution in [2.75, 3.05) is 26.7 Å². The van der Waals surface area contributed by atoms with Crippen molar-refractivity contribution in [3.8, 4) is 0 Å². The van der Waals surface area contributed by atoms with Gasteiger partial charge in [-0.1, -0.05) is 24.3 Å². The van der Waals surface area contributed by atoms with Gasteiger partial charge in [-0.15, -0.1) is 0 Å². The van der Waals surface area contributed by atoms with Crippen LogP contribution in [0.2, 0.25) is 0 Å². The highest BCUT2D eigenvalue weighted by Gasteiger charge is 2.19. The number of carbonyl (C=O) groups is 1. The lowest BCUT2D eigenvalue weighted by atomic mass is 10.0. The van der Waals surface area contributed by atoms with Crippen LogP contribution in [0.15, 0.2) is 48.8 Å². The number of pyridine rings is 1. The summed E-state index contributed by atoms with van der Waals surface area (Å²) in [6.45, 7) is 2.86. The fraction of sp³-hybridized carbons (Fsp3) is 0.368. The van der Waals surface area contributed by atoms with Gasteiger partial charge in [0.05, 0.1) is 6.54 Å². The molecule has 0 spiro atoms. The first-order valence-electron chi connectivity index (χ1n) is 8.14. The Kier molecular flexibility index (Phi) is 5.03. The van der Waals surface area contributed by atoms with Gasteiger partial charge in [0, 0.05) is 32.0 Å². The van der Waals surface area contributed by atoms with E-state index in [9.17, 15) is 4.79 Å². The summed E-state index contributed by atoms with van der Waals surface area (Å²) >= 11 is 0. The number of fused-ring (bicyclic) bond motifs is 1. The molecule has 0 unspecified atom stereocenters. The molecule has 0 aliphatic carbocycles. The molecular formula is C19H23N3O. The molecule has 0 fully saturated rings. The molecule has 4 heteroatoms. The van der Waals surface area contributed by atoms with Crippen LogP contribution in [0.5, 0.6) is 0 Å². The lowest BCUT2D eigenvalue weighted by Crippen LogP contribution is -2.40. The third-order valence-electron chi connectivity index (χ3n) is 4.38. The molecule has 1 aliphatic heterocycles. The highest BCUT2D eigenvalue weighted by Crippen LogP contribution is 2.15. The Bertz CT molecular complexity index is 630. The van der Waals surface area contributed by atoms with Gasteiger partial charge in [-0.05, 0) is 48.7 Å². The third-order valence-corrected chi connectivity index (χ3v) is 4.38. The smallest absolute Gasteiger partial charge is 0.236 e. The van der Waals surface area contributed by atoms with Crippen LogP contribution in [-0.4, -0.2) is 47.4 Å². The zero-order chi connectivity index (χ0) is 16.1. The van der Waals surface area contributed by atoms with Crippen molar-refractivity contribution in [3.63, 3.8) is 0 Å². The van der Waals surface area contributed by atoms with Crippen molar-refractivity contribution >= 4 is 5.91 Å². The van der Waals surface area contributed by atoms with Crippen LogP contribution in [0.1, 0.15) is 16.7 Å². The van der Waals surface area contributed by atoms with Crippen molar-refractivity contribution in [2.45, 2.75) is 19.4 Å². The number of likely N-dealkylation sites (N-methyl/N-ethyl adjacent to an activating group) is 1. The van der Waals surface area contributed by atoms with Gasteiger partial charge in [0.1, 0.15) is 0 Å². The summed E-state index contributed by atoms with van der Waals surface area (Å²) in [4.78, 5) is 20.7. The van der Waals surface area contributed by atoms with Gasteiger partial charge in [-0.2, -0.15) is 0 Å². The van der Waals surface area contributed by atoms with Crippen LogP contribution in [0, 0.1) is 0 Å². The molecule has 3 rings (SSSR count). The van der Waals surface area contributed by atoms with Crippen LogP contribution in [0.4, 0.5) is 0 Å². The van der Waals surface area contributed by atoms with Gasteiger partial charge in [0.15, 0.2) is 0 Å². The SMILES string of the molecule is CN(CC(=O)N1CCc2ccccc2CC1)Cc1ccncc1. The zero-order valence-electron chi connectivity index (χ0n) is 13.6. The Labute approximate surface area is 137 Å². The quantitative estimate of drug-likeness (QED) is 0.868. The minimum absolute atomic E-state index is 0.217. The summed E-state index contributed by atoms with van der Waals surface area (Å²) in [6.07, 6.45) is 5.49. The Morgan fingerprint density at radius 1 is 1.09 bits per heavy atom. The molecule has 2 heterocycles.